The van der Waals surface area contributed by atoms with Crippen LogP contribution in [0.5, 0.6) is 11.5 Å². The molecule has 150 valence electrons. The van der Waals surface area contributed by atoms with Crippen LogP contribution in [0.15, 0.2) is 36.7 Å². The molecular weight excluding hydrogens is 344 g/mol. The van der Waals surface area contributed by atoms with E-state index in [0.717, 1.165) is 25.2 Å². The molecule has 0 aliphatic rings. The van der Waals surface area contributed by atoms with Gasteiger partial charge in [0, 0.05) is 38.1 Å². The van der Waals surface area contributed by atoms with E-state index < -0.39 is 6.10 Å². The molecule has 2 aromatic rings. The Balaban J connectivity index is 1.80. The van der Waals surface area contributed by atoms with Crippen LogP contribution in [0.2, 0.25) is 0 Å². The van der Waals surface area contributed by atoms with Gasteiger partial charge in [0.05, 0.1) is 13.7 Å². The first-order valence-corrected chi connectivity index (χ1v) is 9.35. The second-order valence-electron chi connectivity index (χ2n) is 6.93. The summed E-state index contributed by atoms with van der Waals surface area (Å²) < 4.78 is 13.1. The third-order valence-electron chi connectivity index (χ3n) is 4.45. The van der Waals surface area contributed by atoms with Crippen molar-refractivity contribution in [2.24, 2.45) is 0 Å². The molecule has 7 nitrogen and oxygen atoms in total. The number of aliphatic hydroxyl groups excluding tert-OH is 1. The smallest absolute Gasteiger partial charge is 0.161 e. The number of hydrogen-bond acceptors (Lipinski definition) is 6. The first-order valence-electron chi connectivity index (χ1n) is 9.35. The molecule has 0 saturated carbocycles. The topological polar surface area (TPSA) is 71.8 Å². The highest BCUT2D eigenvalue weighted by molar-refractivity contribution is 5.43. The SMILES string of the molecule is COc1cc(CNCCn2cccn2)ccc1OC[C@H](O)CN(C)C(C)C. The minimum Gasteiger partial charge on any atom is -0.493 e. The van der Waals surface area contributed by atoms with Crippen LogP contribution < -0.4 is 14.8 Å². The summed E-state index contributed by atoms with van der Waals surface area (Å²) in [5.74, 6) is 1.31. The maximum atomic E-state index is 10.1. The summed E-state index contributed by atoms with van der Waals surface area (Å²) in [6.07, 6.45) is 3.18. The lowest BCUT2D eigenvalue weighted by atomic mass is 10.2. The van der Waals surface area contributed by atoms with Crippen molar-refractivity contribution in [1.29, 1.82) is 0 Å². The third-order valence-corrected chi connectivity index (χ3v) is 4.45. The summed E-state index contributed by atoms with van der Waals surface area (Å²) >= 11 is 0. The van der Waals surface area contributed by atoms with Crippen molar-refractivity contribution in [2.45, 2.75) is 39.1 Å². The maximum absolute atomic E-state index is 10.1. The van der Waals surface area contributed by atoms with E-state index in [4.69, 9.17) is 9.47 Å². The molecule has 0 bridgehead atoms. The molecule has 0 unspecified atom stereocenters. The van der Waals surface area contributed by atoms with E-state index in [1.807, 2.05) is 42.2 Å². The van der Waals surface area contributed by atoms with Crippen molar-refractivity contribution >= 4 is 0 Å². The highest BCUT2D eigenvalue weighted by atomic mass is 16.5. The number of nitrogens with one attached hydrogen (secondary N) is 1. The van der Waals surface area contributed by atoms with Crippen LogP contribution in [0.4, 0.5) is 0 Å². The molecule has 27 heavy (non-hydrogen) atoms. The van der Waals surface area contributed by atoms with Crippen molar-refractivity contribution in [1.82, 2.24) is 20.0 Å². The zero-order valence-electron chi connectivity index (χ0n) is 16.8. The van der Waals surface area contributed by atoms with Gasteiger partial charge in [0.2, 0.25) is 0 Å². The molecule has 0 spiro atoms. The van der Waals surface area contributed by atoms with E-state index in [1.165, 1.54) is 0 Å². The minimum absolute atomic E-state index is 0.231. The summed E-state index contributed by atoms with van der Waals surface area (Å²) in [5.41, 5.74) is 1.11. The van der Waals surface area contributed by atoms with Gasteiger partial charge in [-0.2, -0.15) is 5.10 Å². The highest BCUT2D eigenvalue weighted by Gasteiger charge is 2.13. The Hall–Kier alpha value is -2.09. The normalized spacial score (nSPS) is 12.6. The van der Waals surface area contributed by atoms with Gasteiger partial charge in [0.25, 0.3) is 0 Å². The third kappa shape index (κ3) is 7.21. The lowest BCUT2D eigenvalue weighted by molar-refractivity contribution is 0.0668. The first-order chi connectivity index (χ1) is 13.0. The van der Waals surface area contributed by atoms with E-state index in [-0.39, 0.29) is 6.61 Å². The predicted octanol–water partition coefficient (Wildman–Crippen LogP) is 1.76. The van der Waals surface area contributed by atoms with E-state index in [1.54, 1.807) is 13.3 Å². The lowest BCUT2D eigenvalue weighted by Gasteiger charge is -2.24. The fourth-order valence-corrected chi connectivity index (χ4v) is 2.58. The molecule has 0 fully saturated rings. The molecule has 7 heteroatoms. The van der Waals surface area contributed by atoms with Gasteiger partial charge in [-0.05, 0) is 44.7 Å². The van der Waals surface area contributed by atoms with Gasteiger partial charge in [-0.1, -0.05) is 6.07 Å². The Kier molecular flexibility index (Phi) is 8.57. The van der Waals surface area contributed by atoms with Crippen molar-refractivity contribution in [3.8, 4) is 11.5 Å². The molecule has 0 radical (unpaired) electrons. The molecule has 1 heterocycles. The Morgan fingerprint density at radius 2 is 2.11 bits per heavy atom. The Morgan fingerprint density at radius 3 is 2.78 bits per heavy atom. The second kappa shape index (κ2) is 10.9. The van der Waals surface area contributed by atoms with Gasteiger partial charge in [0.1, 0.15) is 12.7 Å². The lowest BCUT2D eigenvalue weighted by Crippen LogP contribution is -2.36. The molecule has 2 rings (SSSR count). The predicted molar refractivity (Wildman–Crippen MR) is 106 cm³/mol. The van der Waals surface area contributed by atoms with Gasteiger partial charge in [0.15, 0.2) is 11.5 Å². The average Bonchev–Trinajstić information content (AvgIpc) is 3.17. The van der Waals surface area contributed by atoms with Gasteiger partial charge < -0.3 is 24.8 Å². The van der Waals surface area contributed by atoms with Crippen LogP contribution in [0.25, 0.3) is 0 Å². The standard InChI is InChI=1S/C20H32N4O3/c1-16(2)23(3)14-18(25)15-27-19-7-6-17(12-20(19)26-4)13-21-9-11-24-10-5-8-22-24/h5-8,10,12,16,18,21,25H,9,11,13-15H2,1-4H3/t18-/m1/s1. The number of ether oxygens (including phenoxy) is 2. The summed E-state index contributed by atoms with van der Waals surface area (Å²) in [5, 5.41) is 17.7. The number of rotatable bonds is 12. The molecule has 2 N–H and O–H groups in total. The molecule has 0 saturated heterocycles. The molecular formula is C20H32N4O3. The summed E-state index contributed by atoms with van der Waals surface area (Å²) in [6, 6.07) is 8.16. The monoisotopic (exact) mass is 376 g/mol. The van der Waals surface area contributed by atoms with Gasteiger partial charge in [-0.25, -0.2) is 0 Å². The largest absolute Gasteiger partial charge is 0.493 e. The quantitative estimate of drug-likeness (QED) is 0.550. The fourth-order valence-electron chi connectivity index (χ4n) is 2.58. The number of aromatic nitrogens is 2. The van der Waals surface area contributed by atoms with Crippen molar-refractivity contribution in [2.75, 3.05) is 33.9 Å². The zero-order valence-corrected chi connectivity index (χ0v) is 16.8. The molecule has 1 aromatic carbocycles. The van der Waals surface area contributed by atoms with Crippen LogP contribution >= 0.6 is 0 Å². The van der Waals surface area contributed by atoms with Crippen LogP contribution in [0.3, 0.4) is 0 Å². The van der Waals surface area contributed by atoms with Crippen molar-refractivity contribution < 1.29 is 14.6 Å². The van der Waals surface area contributed by atoms with Gasteiger partial charge in [-0.15, -0.1) is 0 Å². The first kappa shape index (κ1) is 21.2. The average molecular weight is 377 g/mol. The number of aliphatic hydroxyl groups is 1. The second-order valence-corrected chi connectivity index (χ2v) is 6.93. The summed E-state index contributed by atoms with van der Waals surface area (Å²) in [7, 11) is 3.61. The van der Waals surface area contributed by atoms with E-state index in [2.05, 4.69) is 29.2 Å². The van der Waals surface area contributed by atoms with Gasteiger partial charge >= 0.3 is 0 Å². The van der Waals surface area contributed by atoms with E-state index in [0.29, 0.717) is 24.1 Å². The van der Waals surface area contributed by atoms with Crippen LogP contribution in [0, 0.1) is 0 Å². The van der Waals surface area contributed by atoms with Crippen molar-refractivity contribution in [3.05, 3.63) is 42.2 Å². The molecule has 0 aliphatic heterocycles. The molecule has 0 aliphatic carbocycles. The summed E-state index contributed by atoms with van der Waals surface area (Å²) in [4.78, 5) is 2.09. The summed E-state index contributed by atoms with van der Waals surface area (Å²) in [6.45, 7) is 7.38. The molecule has 1 aromatic heterocycles. The van der Waals surface area contributed by atoms with Crippen molar-refractivity contribution in [3.63, 3.8) is 0 Å². The van der Waals surface area contributed by atoms with Crippen LogP contribution in [0.1, 0.15) is 19.4 Å². The number of likely N-dealkylation sites (N-methyl/N-ethyl adjacent to an activating group) is 1. The van der Waals surface area contributed by atoms with Crippen LogP contribution in [-0.4, -0.2) is 65.8 Å². The number of benzene rings is 1. The molecule has 0 amide bonds. The number of nitrogens with zero attached hydrogens (tertiary/aromatic N) is 3. The zero-order chi connectivity index (χ0) is 19.6. The highest BCUT2D eigenvalue weighted by Crippen LogP contribution is 2.28. The fraction of sp³-hybridized carbons (Fsp3) is 0.550. The molecule has 1 atom stereocenters. The maximum Gasteiger partial charge on any atom is 0.161 e. The van der Waals surface area contributed by atoms with Crippen LogP contribution in [-0.2, 0) is 13.1 Å². The Morgan fingerprint density at radius 1 is 1.30 bits per heavy atom. The minimum atomic E-state index is -0.550. The number of hydrogen-bond donors (Lipinski definition) is 2. The van der Waals surface area contributed by atoms with Gasteiger partial charge in [-0.3, -0.25) is 4.68 Å². The number of methoxy groups -OCH3 is 1. The Labute approximate surface area is 161 Å². The van der Waals surface area contributed by atoms with E-state index in [9.17, 15) is 5.11 Å². The Bertz CT molecular complexity index is 661. The van der Waals surface area contributed by atoms with E-state index >= 15 is 0 Å².